The van der Waals surface area contributed by atoms with Crippen LogP contribution in [0.15, 0.2) is 41.4 Å². The van der Waals surface area contributed by atoms with Gasteiger partial charge in [0.2, 0.25) is 0 Å². The molecule has 2 saturated heterocycles. The minimum atomic E-state index is -4.49. The zero-order valence-corrected chi connectivity index (χ0v) is 23.0. The minimum Gasteiger partial charge on any atom is -0.495 e. The second-order valence-corrected chi connectivity index (χ2v) is 12.4. The molecule has 13 heteroatoms. The van der Waals surface area contributed by atoms with Crippen LogP contribution in [0, 0.1) is 11.8 Å². The zero-order valence-electron chi connectivity index (χ0n) is 22.1. The number of ether oxygens (including phenoxy) is 1. The molecule has 0 amide bonds. The number of hydrogen-bond donors (Lipinski definition) is 2. The predicted octanol–water partition coefficient (Wildman–Crippen LogP) is 3.37. The van der Waals surface area contributed by atoms with E-state index in [9.17, 15) is 21.6 Å². The Labute approximate surface area is 229 Å². The third-order valence-corrected chi connectivity index (χ3v) is 8.41. The van der Waals surface area contributed by atoms with Gasteiger partial charge in [0.25, 0.3) is 0 Å². The molecule has 0 unspecified atom stereocenters. The van der Waals surface area contributed by atoms with Gasteiger partial charge >= 0.3 is 6.18 Å². The molecule has 3 atom stereocenters. The number of sulfone groups is 1. The molecule has 2 fully saturated rings. The van der Waals surface area contributed by atoms with Gasteiger partial charge in [0.1, 0.15) is 22.8 Å². The normalized spacial score (nSPS) is 23.2. The maximum atomic E-state index is 15.5. The fourth-order valence-corrected chi connectivity index (χ4v) is 6.17. The molecule has 2 aliphatic heterocycles. The first kappa shape index (κ1) is 28.2. The predicted molar refractivity (Wildman–Crippen MR) is 142 cm³/mol. The van der Waals surface area contributed by atoms with Gasteiger partial charge in [-0.3, -0.25) is 0 Å². The number of likely N-dealkylation sites (tertiary alicyclic amines) is 1. The molecular weight excluding hydrogens is 550 g/mol. The van der Waals surface area contributed by atoms with E-state index >= 15 is 4.39 Å². The largest absolute Gasteiger partial charge is 0.495 e. The van der Waals surface area contributed by atoms with Crippen molar-refractivity contribution in [2.24, 2.45) is 0 Å². The van der Waals surface area contributed by atoms with Crippen LogP contribution < -0.4 is 15.4 Å². The Bertz CT molecular complexity index is 1610. The van der Waals surface area contributed by atoms with Crippen LogP contribution >= 0.6 is 0 Å². The van der Waals surface area contributed by atoms with E-state index in [0.29, 0.717) is 30.0 Å². The SMILES string of the molecule is COc1cc(S(C)(=O)=O)ccc1NCC#Cc1nc2c([C@H]3C[C@@]4(F)CN(C)C[C@H]4N3)cccn2c1CC(F)(F)F. The number of likely N-dealkylation sites (N-methyl/N-ethyl adjacent to an activating group) is 1. The number of methoxy groups -OCH3 is 1. The summed E-state index contributed by atoms with van der Waals surface area (Å²) >= 11 is 0. The zero-order chi connectivity index (χ0) is 28.9. The molecule has 0 spiro atoms. The average molecular weight is 580 g/mol. The third kappa shape index (κ3) is 5.61. The maximum Gasteiger partial charge on any atom is 0.394 e. The number of imidazole rings is 1. The summed E-state index contributed by atoms with van der Waals surface area (Å²) in [7, 11) is -0.181. The highest BCUT2D eigenvalue weighted by atomic mass is 32.2. The summed E-state index contributed by atoms with van der Waals surface area (Å²) < 4.78 is 86.5. The lowest BCUT2D eigenvalue weighted by molar-refractivity contribution is -0.128. The number of benzene rings is 1. The van der Waals surface area contributed by atoms with E-state index in [1.807, 2.05) is 11.9 Å². The number of anilines is 1. The quantitative estimate of drug-likeness (QED) is 0.342. The monoisotopic (exact) mass is 579 g/mol. The van der Waals surface area contributed by atoms with Crippen LogP contribution in [-0.2, 0) is 16.3 Å². The summed E-state index contributed by atoms with van der Waals surface area (Å²) in [5.41, 5.74) is -0.115. The van der Waals surface area contributed by atoms with Crippen LogP contribution in [0.25, 0.3) is 5.65 Å². The molecule has 0 saturated carbocycles. The molecular formula is C27H29F4N5O3S. The van der Waals surface area contributed by atoms with Crippen molar-refractivity contribution in [3.63, 3.8) is 0 Å². The molecule has 4 heterocycles. The first-order valence-corrected chi connectivity index (χ1v) is 14.5. The lowest BCUT2D eigenvalue weighted by atomic mass is 9.96. The number of nitrogens with zero attached hydrogens (tertiary/aromatic N) is 3. The van der Waals surface area contributed by atoms with Crippen molar-refractivity contribution in [2.75, 3.05) is 45.4 Å². The Morgan fingerprint density at radius 3 is 2.75 bits per heavy atom. The van der Waals surface area contributed by atoms with Crippen molar-refractivity contribution in [3.8, 4) is 17.6 Å². The van der Waals surface area contributed by atoms with Crippen molar-refractivity contribution in [1.82, 2.24) is 19.6 Å². The summed E-state index contributed by atoms with van der Waals surface area (Å²) in [6, 6.07) is 6.98. The molecule has 2 aromatic heterocycles. The number of alkyl halides is 4. The second kappa shape index (κ2) is 10.2. The highest BCUT2D eigenvalue weighted by Crippen LogP contribution is 2.42. The smallest absolute Gasteiger partial charge is 0.394 e. The van der Waals surface area contributed by atoms with Gasteiger partial charge in [-0.05, 0) is 31.2 Å². The number of fused-ring (bicyclic) bond motifs is 2. The molecule has 3 aromatic rings. The molecule has 5 rings (SSSR count). The summed E-state index contributed by atoms with van der Waals surface area (Å²) in [5, 5.41) is 6.31. The van der Waals surface area contributed by atoms with Crippen LogP contribution in [-0.4, -0.2) is 80.6 Å². The molecule has 40 heavy (non-hydrogen) atoms. The Kier molecular flexibility index (Phi) is 7.22. The van der Waals surface area contributed by atoms with Crippen LogP contribution in [0.4, 0.5) is 23.2 Å². The topological polar surface area (TPSA) is 88.0 Å². The average Bonchev–Trinajstić information content (AvgIpc) is 3.46. The second-order valence-electron chi connectivity index (χ2n) is 10.4. The molecule has 8 nitrogen and oxygen atoms in total. The minimum absolute atomic E-state index is 0.0150. The van der Waals surface area contributed by atoms with Crippen molar-refractivity contribution < 1.29 is 30.7 Å². The van der Waals surface area contributed by atoms with E-state index in [1.165, 1.54) is 35.9 Å². The Hall–Kier alpha value is -3.34. The van der Waals surface area contributed by atoms with Gasteiger partial charge < -0.3 is 24.7 Å². The number of pyridine rings is 1. The summed E-state index contributed by atoms with van der Waals surface area (Å²) in [5.74, 6) is 5.85. The van der Waals surface area contributed by atoms with Crippen molar-refractivity contribution >= 4 is 21.2 Å². The maximum absolute atomic E-state index is 15.5. The van der Waals surface area contributed by atoms with Gasteiger partial charge in [0.05, 0.1) is 42.4 Å². The third-order valence-electron chi connectivity index (χ3n) is 7.29. The van der Waals surface area contributed by atoms with Crippen LogP contribution in [0.1, 0.15) is 29.4 Å². The standard InChI is InChI=1S/C27H29F4N5O3S/c1-35-15-24-26(28,16-35)13-21(33-24)18-6-5-11-36-22(14-27(29,30)31)19(34-25(18)36)7-4-10-32-20-9-8-17(40(3,37)38)12-23(20)39-2/h5-6,8-9,11-12,21,24,32-33H,10,13-16H2,1-3H3/t21-,24-,26-/m1/s1. The van der Waals surface area contributed by atoms with Gasteiger partial charge in [-0.2, -0.15) is 13.2 Å². The molecule has 0 aliphatic carbocycles. The first-order chi connectivity index (χ1) is 18.8. The molecule has 214 valence electrons. The van der Waals surface area contributed by atoms with Gasteiger partial charge in [-0.1, -0.05) is 12.0 Å². The number of hydrogen-bond acceptors (Lipinski definition) is 7. The number of rotatable bonds is 6. The highest BCUT2D eigenvalue weighted by Gasteiger charge is 2.53. The first-order valence-electron chi connectivity index (χ1n) is 12.6. The highest BCUT2D eigenvalue weighted by molar-refractivity contribution is 7.90. The van der Waals surface area contributed by atoms with E-state index in [1.54, 1.807) is 12.1 Å². The van der Waals surface area contributed by atoms with Gasteiger partial charge in [0, 0.05) is 49.6 Å². The van der Waals surface area contributed by atoms with Crippen molar-refractivity contribution in [3.05, 3.63) is 53.5 Å². The van der Waals surface area contributed by atoms with E-state index in [2.05, 4.69) is 27.5 Å². The lowest BCUT2D eigenvalue weighted by Crippen LogP contribution is -2.37. The molecule has 2 aliphatic rings. The van der Waals surface area contributed by atoms with Crippen LogP contribution in [0.5, 0.6) is 5.75 Å². The van der Waals surface area contributed by atoms with Crippen molar-refractivity contribution in [1.29, 1.82) is 0 Å². The Morgan fingerprint density at radius 1 is 1.30 bits per heavy atom. The molecule has 0 radical (unpaired) electrons. The fraction of sp³-hybridized carbons (Fsp3) is 0.444. The lowest BCUT2D eigenvalue weighted by Gasteiger charge is -2.18. The molecule has 2 N–H and O–H groups in total. The van der Waals surface area contributed by atoms with E-state index < -0.39 is 34.1 Å². The van der Waals surface area contributed by atoms with Crippen molar-refractivity contribution in [2.45, 2.75) is 41.7 Å². The Morgan fingerprint density at radius 2 is 2.08 bits per heavy atom. The molecule has 1 aromatic carbocycles. The number of halogens is 4. The fourth-order valence-electron chi connectivity index (χ4n) is 5.53. The Balaban J connectivity index is 1.43. The van der Waals surface area contributed by atoms with Gasteiger partial charge in [-0.15, -0.1) is 0 Å². The summed E-state index contributed by atoms with van der Waals surface area (Å²) in [6.45, 7) is 0.878. The number of aromatic nitrogens is 2. The van der Waals surface area contributed by atoms with Gasteiger partial charge in [0.15, 0.2) is 9.84 Å². The summed E-state index contributed by atoms with van der Waals surface area (Å²) in [6.07, 6.45) is -2.92. The van der Waals surface area contributed by atoms with E-state index in [0.717, 1.165) is 6.26 Å². The number of nitrogens with one attached hydrogen (secondary N) is 2. The summed E-state index contributed by atoms with van der Waals surface area (Å²) in [4.78, 5) is 6.49. The van der Waals surface area contributed by atoms with E-state index in [-0.39, 0.29) is 41.0 Å². The van der Waals surface area contributed by atoms with E-state index in [4.69, 9.17) is 4.74 Å². The molecule has 0 bridgehead atoms. The van der Waals surface area contributed by atoms with Crippen LogP contribution in [0.2, 0.25) is 0 Å². The van der Waals surface area contributed by atoms with Crippen LogP contribution in [0.3, 0.4) is 0 Å². The van der Waals surface area contributed by atoms with Gasteiger partial charge in [-0.25, -0.2) is 17.8 Å².